The highest BCUT2D eigenvalue weighted by Gasteiger charge is 2.20. The number of aromatic nitrogens is 1. The first kappa shape index (κ1) is 28.1. The fraction of sp³-hybridized carbons (Fsp3) is 0. The van der Waals surface area contributed by atoms with E-state index in [9.17, 15) is 0 Å². The molecule has 0 aliphatic heterocycles. The summed E-state index contributed by atoms with van der Waals surface area (Å²) in [5, 5.41) is 13.2. The molecule has 11 aromatic rings. The van der Waals surface area contributed by atoms with Crippen LogP contribution in [0.4, 0.5) is 0 Å². The third-order valence-corrected chi connectivity index (χ3v) is 10.6. The van der Waals surface area contributed by atoms with Crippen molar-refractivity contribution in [3.8, 4) is 33.5 Å². The minimum Gasteiger partial charge on any atom is -0.455 e. The molecule has 0 spiro atoms. The number of hydrogen-bond donors (Lipinski definition) is 0. The highest BCUT2D eigenvalue weighted by molar-refractivity contribution is 6.29. The highest BCUT2D eigenvalue weighted by atomic mass is 16.3. The van der Waals surface area contributed by atoms with E-state index in [2.05, 4.69) is 176 Å². The second kappa shape index (κ2) is 10.9. The molecule has 0 saturated heterocycles. The first-order valence-corrected chi connectivity index (χ1v) is 17.5. The van der Waals surface area contributed by atoms with Gasteiger partial charge in [-0.3, -0.25) is 0 Å². The van der Waals surface area contributed by atoms with Gasteiger partial charge in [0, 0.05) is 38.1 Å². The molecule has 0 amide bonds. The normalized spacial score (nSPS) is 11.9. The molecule has 9 aromatic carbocycles. The maximum absolute atomic E-state index is 6.76. The van der Waals surface area contributed by atoms with E-state index < -0.39 is 0 Å². The molecule has 0 fully saturated rings. The molecule has 0 unspecified atom stereocenters. The average molecular weight is 648 g/mol. The van der Waals surface area contributed by atoms with Crippen molar-refractivity contribution >= 4 is 75.9 Å². The van der Waals surface area contributed by atoms with Crippen molar-refractivity contribution in [1.29, 1.82) is 0 Å². The molecule has 0 radical (unpaired) electrons. The third kappa shape index (κ3) is 4.20. The Morgan fingerprint density at radius 2 is 0.961 bits per heavy atom. The summed E-state index contributed by atoms with van der Waals surface area (Å²) in [5.74, 6) is 0. The van der Waals surface area contributed by atoms with Crippen LogP contribution in [-0.2, 0) is 0 Å². The van der Waals surface area contributed by atoms with Crippen LogP contribution in [0, 0.1) is 0 Å². The Bertz CT molecular complexity index is 3170. The Balaban J connectivity index is 1.15. The van der Waals surface area contributed by atoms with Crippen LogP contribution in [0.3, 0.4) is 0 Å². The summed E-state index contributed by atoms with van der Waals surface area (Å²) < 4.78 is 6.76. The summed E-state index contributed by atoms with van der Waals surface area (Å²) in [4.78, 5) is 5.25. The van der Waals surface area contributed by atoms with Crippen molar-refractivity contribution in [2.24, 2.45) is 0 Å². The van der Waals surface area contributed by atoms with Gasteiger partial charge in [0.1, 0.15) is 11.2 Å². The average Bonchev–Trinajstić information content (AvgIpc) is 3.61. The van der Waals surface area contributed by atoms with Crippen molar-refractivity contribution in [2.75, 3.05) is 0 Å². The van der Waals surface area contributed by atoms with E-state index in [1.165, 1.54) is 59.4 Å². The molecular formula is C49H29NO. The van der Waals surface area contributed by atoms with Crippen LogP contribution in [0.1, 0.15) is 0 Å². The van der Waals surface area contributed by atoms with Crippen LogP contribution >= 0.6 is 0 Å². The lowest BCUT2D eigenvalue weighted by Gasteiger charge is -2.16. The lowest BCUT2D eigenvalue weighted by molar-refractivity contribution is 0.670. The van der Waals surface area contributed by atoms with Crippen molar-refractivity contribution in [2.45, 2.75) is 0 Å². The SMILES string of the molecule is c1ccc(-c2nc3ccccc3c3c2cc(-c2ccc(-c4cc5ccccc5c5c4oc4ccc6ccccc6c45)cc2)c2ccccc23)cc1. The molecule has 2 nitrogen and oxygen atoms in total. The van der Waals surface area contributed by atoms with Gasteiger partial charge in [0.15, 0.2) is 0 Å². The van der Waals surface area contributed by atoms with Crippen LogP contribution < -0.4 is 0 Å². The van der Waals surface area contributed by atoms with Crippen molar-refractivity contribution in [3.63, 3.8) is 0 Å². The van der Waals surface area contributed by atoms with E-state index in [0.717, 1.165) is 50.0 Å². The smallest absolute Gasteiger partial charge is 0.143 e. The zero-order chi connectivity index (χ0) is 33.5. The lowest BCUT2D eigenvalue weighted by atomic mass is 9.89. The molecule has 51 heavy (non-hydrogen) atoms. The summed E-state index contributed by atoms with van der Waals surface area (Å²) in [6, 6.07) is 63.1. The largest absolute Gasteiger partial charge is 0.455 e. The molecule has 236 valence electrons. The number of furan rings is 1. The Morgan fingerprint density at radius 3 is 1.75 bits per heavy atom. The van der Waals surface area contributed by atoms with Gasteiger partial charge in [-0.05, 0) is 73.3 Å². The van der Waals surface area contributed by atoms with Crippen LogP contribution in [-0.4, -0.2) is 4.98 Å². The zero-order valence-corrected chi connectivity index (χ0v) is 27.6. The van der Waals surface area contributed by atoms with Crippen molar-refractivity contribution in [3.05, 3.63) is 176 Å². The van der Waals surface area contributed by atoms with E-state index >= 15 is 0 Å². The Kier molecular flexibility index (Phi) is 5.99. The molecule has 2 heteroatoms. The Hall–Kier alpha value is -6.77. The van der Waals surface area contributed by atoms with Crippen LogP contribution in [0.15, 0.2) is 180 Å². The molecular weight excluding hydrogens is 619 g/mol. The number of para-hydroxylation sites is 1. The summed E-state index contributed by atoms with van der Waals surface area (Å²) >= 11 is 0. The lowest BCUT2D eigenvalue weighted by Crippen LogP contribution is -1.92. The fourth-order valence-corrected chi connectivity index (χ4v) is 8.30. The monoisotopic (exact) mass is 647 g/mol. The maximum atomic E-state index is 6.76. The van der Waals surface area contributed by atoms with E-state index in [-0.39, 0.29) is 0 Å². The van der Waals surface area contributed by atoms with E-state index in [0.29, 0.717) is 0 Å². The number of rotatable bonds is 3. The Morgan fingerprint density at radius 1 is 0.353 bits per heavy atom. The Labute approximate surface area is 293 Å². The van der Waals surface area contributed by atoms with Crippen LogP contribution in [0.25, 0.3) is 109 Å². The quantitative estimate of drug-likeness (QED) is 0.178. The van der Waals surface area contributed by atoms with Gasteiger partial charge in [0.05, 0.1) is 11.2 Å². The molecule has 0 bridgehead atoms. The number of pyridine rings is 1. The summed E-state index contributed by atoms with van der Waals surface area (Å²) in [7, 11) is 0. The molecule has 0 aliphatic carbocycles. The molecule has 0 atom stereocenters. The minimum atomic E-state index is 0.913. The predicted molar refractivity (Wildman–Crippen MR) is 215 cm³/mol. The summed E-state index contributed by atoms with van der Waals surface area (Å²) in [6.07, 6.45) is 0. The molecule has 11 rings (SSSR count). The van der Waals surface area contributed by atoms with Gasteiger partial charge < -0.3 is 4.42 Å². The third-order valence-electron chi connectivity index (χ3n) is 10.6. The first-order valence-electron chi connectivity index (χ1n) is 17.5. The van der Waals surface area contributed by atoms with E-state index in [1.54, 1.807) is 0 Å². The molecule has 0 saturated carbocycles. The van der Waals surface area contributed by atoms with Crippen molar-refractivity contribution in [1.82, 2.24) is 4.98 Å². The van der Waals surface area contributed by atoms with Crippen LogP contribution in [0.5, 0.6) is 0 Å². The first-order chi connectivity index (χ1) is 25.3. The molecule has 2 aromatic heterocycles. The number of hydrogen-bond acceptors (Lipinski definition) is 2. The summed E-state index contributed by atoms with van der Waals surface area (Å²) in [5.41, 5.74) is 9.54. The molecule has 0 N–H and O–H groups in total. The number of benzene rings is 9. The van der Waals surface area contributed by atoms with Gasteiger partial charge in [-0.1, -0.05) is 152 Å². The molecule has 2 heterocycles. The highest BCUT2D eigenvalue weighted by Crippen LogP contribution is 2.45. The van der Waals surface area contributed by atoms with Crippen LogP contribution in [0.2, 0.25) is 0 Å². The van der Waals surface area contributed by atoms with Gasteiger partial charge in [-0.25, -0.2) is 4.98 Å². The standard InChI is InChI=1S/C49H29NO/c1-2-13-33(14-3-1)48-42-29-40(37-18-8-9-19-38(37)45(42)39-20-10-11-21-43(39)50-48)31-22-24-32(25-23-31)41-28-34-15-5-7-17-36(34)47-46-35-16-6-4-12-30(35)26-27-44(46)51-49(41)47/h1-29H. The summed E-state index contributed by atoms with van der Waals surface area (Å²) in [6.45, 7) is 0. The maximum Gasteiger partial charge on any atom is 0.143 e. The second-order valence-corrected chi connectivity index (χ2v) is 13.4. The fourth-order valence-electron chi connectivity index (χ4n) is 8.30. The minimum absolute atomic E-state index is 0.913. The van der Waals surface area contributed by atoms with Gasteiger partial charge >= 0.3 is 0 Å². The topological polar surface area (TPSA) is 26.0 Å². The second-order valence-electron chi connectivity index (χ2n) is 13.4. The molecule has 0 aliphatic rings. The number of nitrogens with zero attached hydrogens (tertiary/aromatic N) is 1. The number of fused-ring (bicyclic) bond motifs is 12. The van der Waals surface area contributed by atoms with Gasteiger partial charge in [0.2, 0.25) is 0 Å². The van der Waals surface area contributed by atoms with E-state index in [4.69, 9.17) is 9.40 Å². The van der Waals surface area contributed by atoms with Gasteiger partial charge in [0.25, 0.3) is 0 Å². The van der Waals surface area contributed by atoms with E-state index in [1.807, 2.05) is 0 Å². The van der Waals surface area contributed by atoms with Gasteiger partial charge in [-0.2, -0.15) is 0 Å². The van der Waals surface area contributed by atoms with Gasteiger partial charge in [-0.15, -0.1) is 0 Å². The predicted octanol–water partition coefficient (Wildman–Crippen LogP) is 13.7. The zero-order valence-electron chi connectivity index (χ0n) is 27.6. The van der Waals surface area contributed by atoms with Crippen molar-refractivity contribution < 1.29 is 4.42 Å².